The lowest BCUT2D eigenvalue weighted by Crippen LogP contribution is -2.44. The second kappa shape index (κ2) is 13.3. The molecule has 0 saturated carbocycles. The summed E-state index contributed by atoms with van der Waals surface area (Å²) in [5.41, 5.74) is 3.06. The summed E-state index contributed by atoms with van der Waals surface area (Å²) in [4.78, 5) is 48.7. The van der Waals surface area contributed by atoms with E-state index in [1.54, 1.807) is 0 Å². The number of thioether (sulfide) groups is 1. The number of carbonyl (C=O) groups is 4. The zero-order valence-electron chi connectivity index (χ0n) is 20.4. The van der Waals surface area contributed by atoms with Crippen LogP contribution >= 0.6 is 11.8 Å². The number of benzene rings is 3. The molecule has 0 unspecified atom stereocenters. The molecule has 3 aromatic rings. The number of nitrogens with zero attached hydrogens (tertiary/aromatic N) is 1. The van der Waals surface area contributed by atoms with Crippen molar-refractivity contribution in [1.29, 1.82) is 0 Å². The van der Waals surface area contributed by atoms with E-state index < -0.39 is 29.1 Å². The lowest BCUT2D eigenvalue weighted by atomic mass is 9.84. The number of nitrogens with one attached hydrogen (secondary N) is 2. The van der Waals surface area contributed by atoms with Gasteiger partial charge in [0.25, 0.3) is 0 Å². The van der Waals surface area contributed by atoms with Gasteiger partial charge in [-0.3, -0.25) is 19.2 Å². The van der Waals surface area contributed by atoms with Gasteiger partial charge in [0.05, 0.1) is 23.6 Å². The van der Waals surface area contributed by atoms with Gasteiger partial charge in [0.2, 0.25) is 17.7 Å². The number of aliphatic carboxylic acids is 1. The minimum Gasteiger partial charge on any atom is -0.480 e. The molecular formula is C28H29N3O5S. The van der Waals surface area contributed by atoms with Crippen molar-refractivity contribution in [2.75, 3.05) is 32.4 Å². The molecule has 0 bridgehead atoms. The number of carbonyl (C=O) groups excluding carboxylic acids is 3. The SMILES string of the molecule is CN(CC(=O)NCC(=O)O)C(=O)CNC(=O)CSC(c1ccccc1)(c1ccccc1)c1ccccc1. The van der Waals surface area contributed by atoms with Crippen LogP contribution in [0.4, 0.5) is 0 Å². The van der Waals surface area contributed by atoms with E-state index in [2.05, 4.69) is 10.6 Å². The molecule has 0 radical (unpaired) electrons. The third kappa shape index (κ3) is 7.44. The van der Waals surface area contributed by atoms with Gasteiger partial charge in [0.15, 0.2) is 0 Å². The first-order chi connectivity index (χ1) is 17.8. The van der Waals surface area contributed by atoms with Gasteiger partial charge in [-0.1, -0.05) is 91.0 Å². The second-order valence-corrected chi connectivity index (χ2v) is 9.45. The van der Waals surface area contributed by atoms with Crippen molar-refractivity contribution in [3.63, 3.8) is 0 Å². The Morgan fingerprint density at radius 3 is 1.59 bits per heavy atom. The molecule has 0 aliphatic carbocycles. The van der Waals surface area contributed by atoms with E-state index in [1.807, 2.05) is 91.0 Å². The van der Waals surface area contributed by atoms with Crippen molar-refractivity contribution in [3.05, 3.63) is 108 Å². The van der Waals surface area contributed by atoms with Crippen molar-refractivity contribution in [1.82, 2.24) is 15.5 Å². The predicted molar refractivity (Wildman–Crippen MR) is 143 cm³/mol. The summed E-state index contributed by atoms with van der Waals surface area (Å²) in [7, 11) is 1.41. The molecule has 3 N–H and O–H groups in total. The fraction of sp³-hybridized carbons (Fsp3) is 0.214. The predicted octanol–water partition coefficient (Wildman–Crippen LogP) is 2.49. The summed E-state index contributed by atoms with van der Waals surface area (Å²) in [5, 5.41) is 13.5. The fourth-order valence-electron chi connectivity index (χ4n) is 3.84. The van der Waals surface area contributed by atoms with Crippen LogP contribution in [0.25, 0.3) is 0 Å². The number of rotatable bonds is 12. The van der Waals surface area contributed by atoms with Gasteiger partial charge in [-0.05, 0) is 16.7 Å². The smallest absolute Gasteiger partial charge is 0.322 e. The maximum atomic E-state index is 12.9. The van der Waals surface area contributed by atoms with E-state index in [1.165, 1.54) is 18.8 Å². The minimum absolute atomic E-state index is 0.0781. The first-order valence-electron chi connectivity index (χ1n) is 11.6. The normalized spacial score (nSPS) is 10.8. The van der Waals surface area contributed by atoms with Crippen molar-refractivity contribution in [2.24, 2.45) is 0 Å². The lowest BCUT2D eigenvalue weighted by Gasteiger charge is -2.35. The molecule has 3 amide bonds. The van der Waals surface area contributed by atoms with Crippen LogP contribution < -0.4 is 10.6 Å². The molecule has 0 spiro atoms. The highest BCUT2D eigenvalue weighted by atomic mass is 32.2. The molecule has 8 nitrogen and oxygen atoms in total. The number of hydrogen-bond donors (Lipinski definition) is 3. The highest BCUT2D eigenvalue weighted by Gasteiger charge is 2.37. The molecule has 9 heteroatoms. The highest BCUT2D eigenvalue weighted by Crippen LogP contribution is 2.48. The van der Waals surface area contributed by atoms with E-state index >= 15 is 0 Å². The summed E-state index contributed by atoms with van der Waals surface area (Å²) >= 11 is 1.46. The molecule has 37 heavy (non-hydrogen) atoms. The van der Waals surface area contributed by atoms with Crippen LogP contribution in [0, 0.1) is 0 Å². The Bertz CT molecular complexity index is 1110. The topological polar surface area (TPSA) is 116 Å². The molecule has 3 rings (SSSR count). The monoisotopic (exact) mass is 519 g/mol. The molecular weight excluding hydrogens is 490 g/mol. The van der Waals surface area contributed by atoms with Crippen LogP contribution in [-0.2, 0) is 23.9 Å². The van der Waals surface area contributed by atoms with Crippen molar-refractivity contribution >= 4 is 35.5 Å². The number of likely N-dealkylation sites (N-methyl/N-ethyl adjacent to an activating group) is 1. The average Bonchev–Trinajstić information content (AvgIpc) is 2.92. The summed E-state index contributed by atoms with van der Waals surface area (Å²) in [6.45, 7) is -1.12. The van der Waals surface area contributed by atoms with E-state index in [-0.39, 0.29) is 24.7 Å². The van der Waals surface area contributed by atoms with E-state index in [0.717, 1.165) is 21.6 Å². The van der Waals surface area contributed by atoms with Crippen molar-refractivity contribution < 1.29 is 24.3 Å². The molecule has 0 atom stereocenters. The second-order valence-electron chi connectivity index (χ2n) is 8.26. The first-order valence-corrected chi connectivity index (χ1v) is 12.6. The molecule has 0 aliphatic heterocycles. The van der Waals surface area contributed by atoms with Crippen molar-refractivity contribution in [2.45, 2.75) is 4.75 Å². The minimum atomic E-state index is -1.18. The maximum absolute atomic E-state index is 12.9. The van der Waals surface area contributed by atoms with Gasteiger partial charge < -0.3 is 20.6 Å². The molecule has 0 aliphatic rings. The Labute approximate surface area is 220 Å². The number of amides is 3. The molecule has 192 valence electrons. The molecule has 0 aromatic heterocycles. The largest absolute Gasteiger partial charge is 0.480 e. The third-order valence-corrected chi connectivity index (χ3v) is 7.19. The average molecular weight is 520 g/mol. The number of carboxylic acids is 1. The van der Waals surface area contributed by atoms with Crippen LogP contribution in [0.15, 0.2) is 91.0 Å². The summed E-state index contributed by atoms with van der Waals surface area (Å²) < 4.78 is -0.663. The number of carboxylic acid groups (broad SMARTS) is 1. The van der Waals surface area contributed by atoms with E-state index in [9.17, 15) is 19.2 Å². The van der Waals surface area contributed by atoms with E-state index in [4.69, 9.17) is 5.11 Å². The van der Waals surface area contributed by atoms with Crippen LogP contribution in [0.2, 0.25) is 0 Å². The molecule has 0 fully saturated rings. The van der Waals surface area contributed by atoms with Gasteiger partial charge in [-0.2, -0.15) is 0 Å². The Kier molecular flexibility index (Phi) is 9.85. The van der Waals surface area contributed by atoms with Crippen LogP contribution in [-0.4, -0.2) is 66.1 Å². The van der Waals surface area contributed by atoms with Crippen LogP contribution in [0.3, 0.4) is 0 Å². The molecule has 3 aromatic carbocycles. The highest BCUT2D eigenvalue weighted by molar-refractivity contribution is 8.01. The zero-order chi connectivity index (χ0) is 26.7. The lowest BCUT2D eigenvalue weighted by molar-refractivity contribution is -0.139. The summed E-state index contributed by atoms with van der Waals surface area (Å²) in [6.07, 6.45) is 0. The van der Waals surface area contributed by atoms with Gasteiger partial charge in [-0.25, -0.2) is 0 Å². The number of hydrogen-bond acceptors (Lipinski definition) is 5. The Hall–Kier alpha value is -4.11. The van der Waals surface area contributed by atoms with E-state index in [0.29, 0.717) is 0 Å². The standard InChI is InChI=1S/C28H29N3O5S/c1-31(19-24(32)30-18-27(35)36)26(34)17-29-25(33)20-37-28(21-11-5-2-6-12-21,22-13-7-3-8-14-22)23-15-9-4-10-16-23/h2-16H,17-20H2,1H3,(H,29,33)(H,30,32)(H,35,36). The van der Waals surface area contributed by atoms with Gasteiger partial charge in [-0.15, -0.1) is 11.8 Å². The van der Waals surface area contributed by atoms with Crippen LogP contribution in [0.5, 0.6) is 0 Å². The summed E-state index contributed by atoms with van der Waals surface area (Å²) in [6, 6.07) is 29.9. The fourth-order valence-corrected chi connectivity index (χ4v) is 5.19. The Morgan fingerprint density at radius 2 is 1.16 bits per heavy atom. The van der Waals surface area contributed by atoms with Crippen LogP contribution in [0.1, 0.15) is 16.7 Å². The maximum Gasteiger partial charge on any atom is 0.322 e. The zero-order valence-corrected chi connectivity index (χ0v) is 21.2. The summed E-state index contributed by atoms with van der Waals surface area (Å²) in [5.74, 6) is -2.49. The Balaban J connectivity index is 1.72. The Morgan fingerprint density at radius 1 is 0.730 bits per heavy atom. The van der Waals surface area contributed by atoms with Crippen molar-refractivity contribution in [3.8, 4) is 0 Å². The van der Waals surface area contributed by atoms with Gasteiger partial charge in [0.1, 0.15) is 6.54 Å². The van der Waals surface area contributed by atoms with Gasteiger partial charge >= 0.3 is 5.97 Å². The molecule has 0 saturated heterocycles. The third-order valence-electron chi connectivity index (χ3n) is 5.64. The van der Waals surface area contributed by atoms with Gasteiger partial charge in [0, 0.05) is 7.05 Å². The first kappa shape index (κ1) is 27.5. The quantitative estimate of drug-likeness (QED) is 0.317. The molecule has 0 heterocycles.